The van der Waals surface area contributed by atoms with E-state index >= 15 is 0 Å². The zero-order valence-electron chi connectivity index (χ0n) is 13.2. The number of carbonyl (C=O) groups excluding carboxylic acids is 1. The third-order valence-electron chi connectivity index (χ3n) is 4.12. The molecule has 6 heteroatoms. The van der Waals surface area contributed by atoms with Gasteiger partial charge in [-0.2, -0.15) is 0 Å². The molecule has 0 bridgehead atoms. The molecule has 2 N–H and O–H groups in total. The first kappa shape index (κ1) is 15.1. The molecule has 0 aliphatic heterocycles. The van der Waals surface area contributed by atoms with Gasteiger partial charge in [0.05, 0.1) is 12.7 Å². The number of pyridine rings is 1. The summed E-state index contributed by atoms with van der Waals surface area (Å²) in [4.78, 5) is 20.1. The van der Waals surface area contributed by atoms with Crippen molar-refractivity contribution in [2.75, 3.05) is 7.11 Å². The summed E-state index contributed by atoms with van der Waals surface area (Å²) < 4.78 is 18.7. The molecule has 5 nitrogen and oxygen atoms in total. The van der Waals surface area contributed by atoms with Gasteiger partial charge in [-0.05, 0) is 42.5 Å². The van der Waals surface area contributed by atoms with Gasteiger partial charge in [-0.1, -0.05) is 0 Å². The summed E-state index contributed by atoms with van der Waals surface area (Å²) in [5.41, 5.74) is 1.71. The van der Waals surface area contributed by atoms with Gasteiger partial charge in [0, 0.05) is 28.0 Å². The number of phenolic OH excluding ortho intramolecular Hbond substituents is 1. The number of ether oxygens (including phenoxy) is 1. The van der Waals surface area contributed by atoms with Crippen molar-refractivity contribution in [3.8, 4) is 11.5 Å². The summed E-state index contributed by atoms with van der Waals surface area (Å²) in [6.45, 7) is 0. The highest BCUT2D eigenvalue weighted by molar-refractivity contribution is 6.14. The van der Waals surface area contributed by atoms with Crippen LogP contribution in [0.15, 0.2) is 48.7 Å². The minimum atomic E-state index is -0.392. The summed E-state index contributed by atoms with van der Waals surface area (Å²) in [6, 6.07) is 10.5. The third-order valence-corrected chi connectivity index (χ3v) is 4.12. The minimum absolute atomic E-state index is 0.117. The first-order valence-electron chi connectivity index (χ1n) is 7.55. The maximum Gasteiger partial charge on any atom is 0.198 e. The van der Waals surface area contributed by atoms with Crippen molar-refractivity contribution in [3.63, 3.8) is 0 Å². The van der Waals surface area contributed by atoms with E-state index in [2.05, 4.69) is 9.97 Å². The van der Waals surface area contributed by atoms with E-state index in [1.54, 1.807) is 18.2 Å². The predicted octanol–water partition coefficient (Wildman–Crippen LogP) is 3.80. The number of aromatic hydroxyl groups is 1. The number of hydrogen-bond acceptors (Lipinski definition) is 4. The number of aromatic amines is 1. The minimum Gasteiger partial charge on any atom is -0.507 e. The Morgan fingerprint density at radius 3 is 2.80 bits per heavy atom. The van der Waals surface area contributed by atoms with Crippen LogP contribution in [0.5, 0.6) is 11.5 Å². The molecule has 0 radical (unpaired) electrons. The first-order chi connectivity index (χ1) is 12.1. The number of H-pyrrole nitrogens is 1. The van der Waals surface area contributed by atoms with E-state index in [1.165, 1.54) is 37.6 Å². The van der Waals surface area contributed by atoms with Crippen LogP contribution in [0.1, 0.15) is 15.9 Å². The number of nitrogens with one attached hydrogen (secondary N) is 1. The molecule has 2 aromatic heterocycles. The largest absolute Gasteiger partial charge is 0.507 e. The van der Waals surface area contributed by atoms with Crippen molar-refractivity contribution >= 4 is 27.7 Å². The maximum atomic E-state index is 13.6. The van der Waals surface area contributed by atoms with Gasteiger partial charge in [-0.15, -0.1) is 0 Å². The van der Waals surface area contributed by atoms with Gasteiger partial charge in [0.25, 0.3) is 0 Å². The van der Waals surface area contributed by atoms with Crippen molar-refractivity contribution < 1.29 is 19.0 Å². The highest BCUT2D eigenvalue weighted by atomic mass is 19.1. The maximum absolute atomic E-state index is 13.6. The number of hydrogen-bond donors (Lipinski definition) is 2. The lowest BCUT2D eigenvalue weighted by Crippen LogP contribution is -2.03. The predicted molar refractivity (Wildman–Crippen MR) is 91.6 cm³/mol. The van der Waals surface area contributed by atoms with Crippen LogP contribution in [0.3, 0.4) is 0 Å². The molecule has 0 amide bonds. The van der Waals surface area contributed by atoms with Gasteiger partial charge < -0.3 is 14.8 Å². The monoisotopic (exact) mass is 336 g/mol. The zero-order chi connectivity index (χ0) is 17.6. The molecule has 0 saturated heterocycles. The van der Waals surface area contributed by atoms with Crippen molar-refractivity contribution in [1.82, 2.24) is 9.97 Å². The lowest BCUT2D eigenvalue weighted by atomic mass is 10.0. The Labute approximate surface area is 141 Å². The number of benzene rings is 2. The molecular weight excluding hydrogens is 323 g/mol. The highest BCUT2D eigenvalue weighted by Crippen LogP contribution is 2.29. The van der Waals surface area contributed by atoms with E-state index in [4.69, 9.17) is 4.74 Å². The Morgan fingerprint density at radius 2 is 2.00 bits per heavy atom. The van der Waals surface area contributed by atoms with E-state index in [0.29, 0.717) is 27.7 Å². The molecule has 0 aliphatic rings. The summed E-state index contributed by atoms with van der Waals surface area (Å²) in [6.07, 6.45) is 1.43. The Kier molecular flexibility index (Phi) is 3.39. The Morgan fingerprint density at radius 1 is 1.16 bits per heavy atom. The summed E-state index contributed by atoms with van der Waals surface area (Å²) in [7, 11) is 1.48. The topological polar surface area (TPSA) is 75.2 Å². The van der Waals surface area contributed by atoms with E-state index in [1.807, 2.05) is 0 Å². The second-order valence-corrected chi connectivity index (χ2v) is 5.65. The number of aromatic nitrogens is 2. The Bertz CT molecular complexity index is 1130. The van der Waals surface area contributed by atoms with Crippen LogP contribution in [0.25, 0.3) is 21.9 Å². The SMILES string of the molecule is COc1ccc(O)c(C(=O)c2cnc3[nH]c4ccc(F)cc4c3c2)c1. The van der Waals surface area contributed by atoms with Crippen molar-refractivity contribution in [3.05, 3.63) is 65.6 Å². The second-order valence-electron chi connectivity index (χ2n) is 5.65. The fraction of sp³-hybridized carbons (Fsp3) is 0.0526. The average molecular weight is 336 g/mol. The van der Waals surface area contributed by atoms with E-state index < -0.39 is 5.78 Å². The number of rotatable bonds is 3. The van der Waals surface area contributed by atoms with E-state index in [9.17, 15) is 14.3 Å². The summed E-state index contributed by atoms with van der Waals surface area (Å²) >= 11 is 0. The molecule has 2 heterocycles. The molecule has 0 aliphatic carbocycles. The van der Waals surface area contributed by atoms with Crippen LogP contribution in [-0.4, -0.2) is 28.0 Å². The summed E-state index contributed by atoms with van der Waals surface area (Å²) in [5, 5.41) is 11.3. The number of fused-ring (bicyclic) bond motifs is 3. The fourth-order valence-electron chi connectivity index (χ4n) is 2.85. The average Bonchev–Trinajstić information content (AvgIpc) is 2.98. The molecule has 0 spiro atoms. The molecule has 0 saturated carbocycles. The van der Waals surface area contributed by atoms with E-state index in [0.717, 1.165) is 5.52 Å². The van der Waals surface area contributed by atoms with Gasteiger partial charge in [0.2, 0.25) is 0 Å². The van der Waals surface area contributed by atoms with Gasteiger partial charge in [-0.3, -0.25) is 4.79 Å². The summed E-state index contributed by atoms with van der Waals surface area (Å²) in [5.74, 6) is -0.438. The van der Waals surface area contributed by atoms with Crippen LogP contribution in [0, 0.1) is 5.82 Å². The Hall–Kier alpha value is -3.41. The zero-order valence-corrected chi connectivity index (χ0v) is 13.2. The number of nitrogens with zero attached hydrogens (tertiary/aromatic N) is 1. The molecule has 25 heavy (non-hydrogen) atoms. The lowest BCUT2D eigenvalue weighted by molar-refractivity contribution is 0.103. The van der Waals surface area contributed by atoms with Crippen LogP contribution in [-0.2, 0) is 0 Å². The quantitative estimate of drug-likeness (QED) is 0.558. The van der Waals surface area contributed by atoms with E-state index in [-0.39, 0.29) is 17.1 Å². The van der Waals surface area contributed by atoms with Crippen molar-refractivity contribution in [1.29, 1.82) is 0 Å². The van der Waals surface area contributed by atoms with Gasteiger partial charge in [0.1, 0.15) is 23.0 Å². The van der Waals surface area contributed by atoms with Crippen LogP contribution in [0.4, 0.5) is 4.39 Å². The van der Waals surface area contributed by atoms with Gasteiger partial charge in [0.15, 0.2) is 5.78 Å². The number of halogens is 1. The molecule has 4 aromatic rings. The molecule has 0 atom stereocenters. The molecular formula is C19H13FN2O3. The molecule has 124 valence electrons. The van der Waals surface area contributed by atoms with Gasteiger partial charge >= 0.3 is 0 Å². The van der Waals surface area contributed by atoms with Crippen LogP contribution < -0.4 is 4.74 Å². The smallest absolute Gasteiger partial charge is 0.198 e. The highest BCUT2D eigenvalue weighted by Gasteiger charge is 2.17. The first-order valence-corrected chi connectivity index (χ1v) is 7.55. The lowest BCUT2D eigenvalue weighted by Gasteiger charge is -2.06. The van der Waals surface area contributed by atoms with Gasteiger partial charge in [-0.25, -0.2) is 9.37 Å². The second kappa shape index (κ2) is 5.59. The molecule has 0 unspecified atom stereocenters. The molecule has 2 aromatic carbocycles. The fourth-order valence-corrected chi connectivity index (χ4v) is 2.85. The number of phenols is 1. The number of ketones is 1. The molecule has 0 fully saturated rings. The standard InChI is InChI=1S/C19H13FN2O3/c1-25-12-3-5-17(23)15(8-12)18(24)10-6-14-13-7-11(20)2-4-16(13)22-19(14)21-9-10/h2-9,23H,1H3,(H,21,22). The molecule has 4 rings (SSSR count). The number of methoxy groups -OCH3 is 1. The normalized spacial score (nSPS) is 11.1. The number of carbonyl (C=O) groups is 1. The third kappa shape index (κ3) is 2.48. The van der Waals surface area contributed by atoms with Crippen LogP contribution in [0.2, 0.25) is 0 Å². The van der Waals surface area contributed by atoms with Crippen LogP contribution >= 0.6 is 0 Å². The Balaban J connectivity index is 1.88. The van der Waals surface area contributed by atoms with Crippen molar-refractivity contribution in [2.24, 2.45) is 0 Å². The van der Waals surface area contributed by atoms with Crippen molar-refractivity contribution in [2.45, 2.75) is 0 Å².